The zero-order chi connectivity index (χ0) is 12.8. The van der Waals surface area contributed by atoms with Gasteiger partial charge in [0.15, 0.2) is 5.78 Å². The molecule has 1 aromatic rings. The molecule has 0 radical (unpaired) electrons. The first kappa shape index (κ1) is 13.3. The standard InChI is InChI=1S/C16H23NO/c1-2-15(17-12-8-3-4-9-13-17)16(18)14-10-6-5-7-11-14/h5-7,10-11,15H,2-4,8-9,12-13H2,1H3. The van der Waals surface area contributed by atoms with Crippen LogP contribution < -0.4 is 0 Å². The number of benzene rings is 1. The van der Waals surface area contributed by atoms with Crippen LogP contribution in [0.25, 0.3) is 0 Å². The molecule has 1 unspecified atom stereocenters. The molecule has 1 aliphatic rings. The second-order valence-corrected chi connectivity index (χ2v) is 5.10. The molecule has 1 atom stereocenters. The minimum Gasteiger partial charge on any atom is -0.293 e. The van der Waals surface area contributed by atoms with Crippen molar-refractivity contribution in [2.45, 2.75) is 45.1 Å². The largest absolute Gasteiger partial charge is 0.293 e. The van der Waals surface area contributed by atoms with Crippen molar-refractivity contribution < 1.29 is 4.79 Å². The van der Waals surface area contributed by atoms with E-state index in [1.807, 2.05) is 30.3 Å². The SMILES string of the molecule is CCC(C(=O)c1ccccc1)N1CCCCCC1. The monoisotopic (exact) mass is 245 g/mol. The fourth-order valence-corrected chi connectivity index (χ4v) is 2.81. The highest BCUT2D eigenvalue weighted by Gasteiger charge is 2.25. The third-order valence-corrected chi connectivity index (χ3v) is 3.83. The van der Waals surface area contributed by atoms with Crippen molar-refractivity contribution in [3.63, 3.8) is 0 Å². The smallest absolute Gasteiger partial charge is 0.179 e. The van der Waals surface area contributed by atoms with Gasteiger partial charge < -0.3 is 0 Å². The second kappa shape index (κ2) is 6.69. The molecule has 0 aromatic heterocycles. The lowest BCUT2D eigenvalue weighted by atomic mass is 10.0. The van der Waals surface area contributed by atoms with Crippen LogP contribution in [0.15, 0.2) is 30.3 Å². The van der Waals surface area contributed by atoms with Gasteiger partial charge in [-0.05, 0) is 32.4 Å². The number of ketones is 1. The Hall–Kier alpha value is -1.15. The Labute approximate surface area is 110 Å². The Kier molecular flexibility index (Phi) is 4.94. The second-order valence-electron chi connectivity index (χ2n) is 5.10. The van der Waals surface area contributed by atoms with Crippen LogP contribution in [-0.4, -0.2) is 29.8 Å². The van der Waals surface area contributed by atoms with Gasteiger partial charge in [0.05, 0.1) is 6.04 Å². The molecule has 98 valence electrons. The molecule has 0 N–H and O–H groups in total. The quantitative estimate of drug-likeness (QED) is 0.756. The summed E-state index contributed by atoms with van der Waals surface area (Å²) < 4.78 is 0. The predicted molar refractivity (Wildman–Crippen MR) is 74.9 cm³/mol. The normalized spacial score (nSPS) is 19.2. The van der Waals surface area contributed by atoms with Gasteiger partial charge in [-0.2, -0.15) is 0 Å². The topological polar surface area (TPSA) is 20.3 Å². The van der Waals surface area contributed by atoms with Crippen LogP contribution in [0.4, 0.5) is 0 Å². The van der Waals surface area contributed by atoms with Crippen LogP contribution in [-0.2, 0) is 0 Å². The summed E-state index contributed by atoms with van der Waals surface area (Å²) in [6, 6.07) is 9.80. The van der Waals surface area contributed by atoms with E-state index >= 15 is 0 Å². The van der Waals surface area contributed by atoms with Gasteiger partial charge in [0, 0.05) is 5.56 Å². The Morgan fingerprint density at radius 2 is 1.72 bits per heavy atom. The van der Waals surface area contributed by atoms with Gasteiger partial charge in [-0.3, -0.25) is 9.69 Å². The number of rotatable bonds is 4. The van der Waals surface area contributed by atoms with Crippen LogP contribution in [0.1, 0.15) is 49.4 Å². The summed E-state index contributed by atoms with van der Waals surface area (Å²) in [7, 11) is 0. The molecule has 2 rings (SSSR count). The highest BCUT2D eigenvalue weighted by Crippen LogP contribution is 2.17. The lowest BCUT2D eigenvalue weighted by Gasteiger charge is -2.28. The van der Waals surface area contributed by atoms with E-state index in [1.54, 1.807) is 0 Å². The van der Waals surface area contributed by atoms with Crippen LogP contribution in [0.3, 0.4) is 0 Å². The van der Waals surface area contributed by atoms with E-state index in [4.69, 9.17) is 0 Å². The van der Waals surface area contributed by atoms with Crippen molar-refractivity contribution in [1.82, 2.24) is 4.90 Å². The zero-order valence-electron chi connectivity index (χ0n) is 11.3. The van der Waals surface area contributed by atoms with E-state index < -0.39 is 0 Å². The third kappa shape index (κ3) is 3.20. The first-order valence-corrected chi connectivity index (χ1v) is 7.16. The van der Waals surface area contributed by atoms with Crippen LogP contribution in [0.2, 0.25) is 0 Å². The van der Waals surface area contributed by atoms with E-state index in [2.05, 4.69) is 11.8 Å². The maximum absolute atomic E-state index is 12.5. The molecule has 0 spiro atoms. The van der Waals surface area contributed by atoms with Crippen LogP contribution >= 0.6 is 0 Å². The van der Waals surface area contributed by atoms with E-state index in [-0.39, 0.29) is 6.04 Å². The summed E-state index contributed by atoms with van der Waals surface area (Å²) in [5, 5.41) is 0. The van der Waals surface area contributed by atoms with Crippen molar-refractivity contribution in [1.29, 1.82) is 0 Å². The van der Waals surface area contributed by atoms with Crippen molar-refractivity contribution in [3.8, 4) is 0 Å². The maximum Gasteiger partial charge on any atom is 0.179 e. The summed E-state index contributed by atoms with van der Waals surface area (Å²) in [6.45, 7) is 4.28. The molecule has 2 nitrogen and oxygen atoms in total. The van der Waals surface area contributed by atoms with Gasteiger partial charge in [0.2, 0.25) is 0 Å². The number of carbonyl (C=O) groups is 1. The minimum absolute atomic E-state index is 0.0745. The van der Waals surface area contributed by atoms with E-state index in [9.17, 15) is 4.79 Å². The number of carbonyl (C=O) groups excluding carboxylic acids is 1. The summed E-state index contributed by atoms with van der Waals surface area (Å²) in [5.41, 5.74) is 0.855. The summed E-state index contributed by atoms with van der Waals surface area (Å²) in [6.07, 6.45) is 6.00. The van der Waals surface area contributed by atoms with E-state index in [0.717, 1.165) is 25.1 Å². The van der Waals surface area contributed by atoms with Crippen molar-refractivity contribution >= 4 is 5.78 Å². The Bertz CT molecular complexity index is 366. The molecule has 0 bridgehead atoms. The fraction of sp³-hybridized carbons (Fsp3) is 0.562. The van der Waals surface area contributed by atoms with Crippen LogP contribution in [0.5, 0.6) is 0 Å². The zero-order valence-corrected chi connectivity index (χ0v) is 11.3. The van der Waals surface area contributed by atoms with Gasteiger partial charge in [-0.25, -0.2) is 0 Å². The molecule has 0 aliphatic carbocycles. The summed E-state index contributed by atoms with van der Waals surface area (Å²) in [5.74, 6) is 0.292. The average molecular weight is 245 g/mol. The molecule has 18 heavy (non-hydrogen) atoms. The molecular formula is C16H23NO. The molecule has 0 saturated carbocycles. The van der Waals surface area contributed by atoms with Crippen molar-refractivity contribution in [2.75, 3.05) is 13.1 Å². The van der Waals surface area contributed by atoms with Gasteiger partial charge in [0.1, 0.15) is 0 Å². The predicted octanol–water partition coefficient (Wildman–Crippen LogP) is 3.52. The Balaban J connectivity index is 2.10. The number of Topliss-reactive ketones (excluding diaryl/α,β-unsaturated/α-hetero) is 1. The molecule has 1 heterocycles. The van der Waals surface area contributed by atoms with Crippen molar-refractivity contribution in [2.24, 2.45) is 0 Å². The highest BCUT2D eigenvalue weighted by molar-refractivity contribution is 6.00. The number of hydrogen-bond acceptors (Lipinski definition) is 2. The number of nitrogens with zero attached hydrogens (tertiary/aromatic N) is 1. The highest BCUT2D eigenvalue weighted by atomic mass is 16.1. The van der Waals surface area contributed by atoms with E-state index in [0.29, 0.717) is 5.78 Å². The maximum atomic E-state index is 12.5. The summed E-state index contributed by atoms with van der Waals surface area (Å²) in [4.78, 5) is 14.9. The summed E-state index contributed by atoms with van der Waals surface area (Å²) >= 11 is 0. The number of hydrogen-bond donors (Lipinski definition) is 0. The van der Waals surface area contributed by atoms with Crippen molar-refractivity contribution in [3.05, 3.63) is 35.9 Å². The van der Waals surface area contributed by atoms with Gasteiger partial charge in [-0.15, -0.1) is 0 Å². The first-order valence-electron chi connectivity index (χ1n) is 7.16. The molecular weight excluding hydrogens is 222 g/mol. The molecule has 1 saturated heterocycles. The lowest BCUT2D eigenvalue weighted by Crippen LogP contribution is -2.41. The molecule has 1 fully saturated rings. The Morgan fingerprint density at radius 1 is 1.11 bits per heavy atom. The third-order valence-electron chi connectivity index (χ3n) is 3.83. The lowest BCUT2D eigenvalue weighted by molar-refractivity contribution is 0.0816. The molecule has 1 aromatic carbocycles. The number of likely N-dealkylation sites (tertiary alicyclic amines) is 1. The minimum atomic E-state index is 0.0745. The van der Waals surface area contributed by atoms with Crippen LogP contribution in [0, 0.1) is 0 Å². The average Bonchev–Trinajstić information content (AvgIpc) is 2.70. The van der Waals surface area contributed by atoms with Gasteiger partial charge >= 0.3 is 0 Å². The van der Waals surface area contributed by atoms with Gasteiger partial charge in [-0.1, -0.05) is 50.1 Å². The van der Waals surface area contributed by atoms with E-state index in [1.165, 1.54) is 25.7 Å². The van der Waals surface area contributed by atoms with Gasteiger partial charge in [0.25, 0.3) is 0 Å². The first-order chi connectivity index (χ1) is 8.83. The molecule has 0 amide bonds. The molecule has 2 heteroatoms. The Morgan fingerprint density at radius 3 is 2.28 bits per heavy atom. The molecule has 1 aliphatic heterocycles. The fourth-order valence-electron chi connectivity index (χ4n) is 2.81.